The van der Waals surface area contributed by atoms with E-state index >= 15 is 0 Å². The zero-order valence-corrected chi connectivity index (χ0v) is 9.67. The minimum Gasteiger partial charge on any atom is -0.352 e. The monoisotopic (exact) mass is 256 g/mol. The van der Waals surface area contributed by atoms with Crippen LogP contribution in [0.25, 0.3) is 0 Å². The molecule has 0 bridgehead atoms. The standard InChI is InChI=1S/C10H13BrN2O/c1-2-3-4-13-10(14)8-5-9(11)7-12-6-8/h5-7H,2-4H2,1H3,(H,13,14). The van der Waals surface area contributed by atoms with Crippen molar-refractivity contribution in [3.63, 3.8) is 0 Å². The Bertz CT molecular complexity index is 315. The van der Waals surface area contributed by atoms with Gasteiger partial charge in [-0.2, -0.15) is 0 Å². The second-order valence-electron chi connectivity index (χ2n) is 3.00. The lowest BCUT2D eigenvalue weighted by Gasteiger charge is -2.03. The van der Waals surface area contributed by atoms with Gasteiger partial charge in [0.1, 0.15) is 0 Å². The van der Waals surface area contributed by atoms with Crippen LogP contribution in [0.2, 0.25) is 0 Å². The molecule has 0 radical (unpaired) electrons. The highest BCUT2D eigenvalue weighted by molar-refractivity contribution is 9.10. The number of amides is 1. The number of hydrogen-bond acceptors (Lipinski definition) is 2. The van der Waals surface area contributed by atoms with Gasteiger partial charge < -0.3 is 5.32 Å². The second-order valence-corrected chi connectivity index (χ2v) is 3.92. The van der Waals surface area contributed by atoms with E-state index in [1.165, 1.54) is 0 Å². The summed E-state index contributed by atoms with van der Waals surface area (Å²) in [6, 6.07) is 1.76. The molecule has 0 aliphatic rings. The molecule has 1 amide bonds. The Kier molecular flexibility index (Phi) is 4.59. The number of unbranched alkanes of at least 4 members (excludes halogenated alkanes) is 1. The molecule has 0 aliphatic carbocycles. The van der Waals surface area contributed by atoms with Crippen molar-refractivity contribution in [1.82, 2.24) is 10.3 Å². The van der Waals surface area contributed by atoms with E-state index in [2.05, 4.69) is 33.2 Å². The highest BCUT2D eigenvalue weighted by Gasteiger charge is 2.04. The van der Waals surface area contributed by atoms with Crippen LogP contribution in [0.1, 0.15) is 30.1 Å². The van der Waals surface area contributed by atoms with Crippen LogP contribution in [0, 0.1) is 0 Å². The van der Waals surface area contributed by atoms with Gasteiger partial charge in [0, 0.05) is 23.4 Å². The van der Waals surface area contributed by atoms with Gasteiger partial charge in [-0.3, -0.25) is 9.78 Å². The van der Waals surface area contributed by atoms with Crippen LogP contribution in [0.3, 0.4) is 0 Å². The summed E-state index contributed by atoms with van der Waals surface area (Å²) in [6.07, 6.45) is 5.30. The Hall–Kier alpha value is -0.900. The first-order valence-electron chi connectivity index (χ1n) is 4.62. The lowest BCUT2D eigenvalue weighted by Crippen LogP contribution is -2.24. The zero-order valence-electron chi connectivity index (χ0n) is 8.09. The largest absolute Gasteiger partial charge is 0.352 e. The molecule has 0 aliphatic heterocycles. The van der Waals surface area contributed by atoms with Gasteiger partial charge >= 0.3 is 0 Å². The van der Waals surface area contributed by atoms with Crippen LogP contribution in [-0.4, -0.2) is 17.4 Å². The first-order chi connectivity index (χ1) is 6.74. The molecule has 0 atom stereocenters. The van der Waals surface area contributed by atoms with Crippen LogP contribution in [0.4, 0.5) is 0 Å². The van der Waals surface area contributed by atoms with Gasteiger partial charge in [0.2, 0.25) is 0 Å². The summed E-state index contributed by atoms with van der Waals surface area (Å²) in [5, 5.41) is 2.83. The van der Waals surface area contributed by atoms with Gasteiger partial charge in [-0.05, 0) is 28.4 Å². The number of nitrogens with one attached hydrogen (secondary N) is 1. The Morgan fingerprint density at radius 2 is 2.36 bits per heavy atom. The number of rotatable bonds is 4. The molecule has 1 N–H and O–H groups in total. The Morgan fingerprint density at radius 3 is 3.00 bits per heavy atom. The number of nitrogens with zero attached hydrogens (tertiary/aromatic N) is 1. The van der Waals surface area contributed by atoms with Crippen molar-refractivity contribution in [3.05, 3.63) is 28.5 Å². The average Bonchev–Trinajstić information content (AvgIpc) is 2.18. The maximum Gasteiger partial charge on any atom is 0.252 e. The summed E-state index contributed by atoms with van der Waals surface area (Å²) in [4.78, 5) is 15.4. The van der Waals surface area contributed by atoms with E-state index in [1.807, 2.05) is 0 Å². The third kappa shape index (κ3) is 3.46. The number of carbonyl (C=O) groups excluding carboxylic acids is 1. The van der Waals surface area contributed by atoms with E-state index in [-0.39, 0.29) is 5.91 Å². The minimum absolute atomic E-state index is 0.0627. The third-order valence-electron chi connectivity index (χ3n) is 1.78. The van der Waals surface area contributed by atoms with Crippen LogP contribution in [-0.2, 0) is 0 Å². The lowest BCUT2D eigenvalue weighted by atomic mass is 10.2. The number of pyridine rings is 1. The van der Waals surface area contributed by atoms with Crippen molar-refractivity contribution in [1.29, 1.82) is 0 Å². The Balaban J connectivity index is 2.52. The van der Waals surface area contributed by atoms with E-state index in [0.717, 1.165) is 23.9 Å². The van der Waals surface area contributed by atoms with Crippen LogP contribution in [0.15, 0.2) is 22.9 Å². The van der Waals surface area contributed by atoms with Crippen molar-refractivity contribution in [2.75, 3.05) is 6.54 Å². The Morgan fingerprint density at radius 1 is 1.57 bits per heavy atom. The van der Waals surface area contributed by atoms with Gasteiger partial charge in [-0.1, -0.05) is 13.3 Å². The first-order valence-corrected chi connectivity index (χ1v) is 5.42. The SMILES string of the molecule is CCCCNC(=O)c1cncc(Br)c1. The maximum absolute atomic E-state index is 11.5. The molecule has 76 valence electrons. The van der Waals surface area contributed by atoms with Gasteiger partial charge in [0.05, 0.1) is 5.56 Å². The molecule has 0 spiro atoms. The summed E-state index contributed by atoms with van der Waals surface area (Å²) in [5.74, 6) is -0.0627. The fourth-order valence-electron chi connectivity index (χ4n) is 1.02. The van der Waals surface area contributed by atoms with E-state index in [4.69, 9.17) is 0 Å². The van der Waals surface area contributed by atoms with Gasteiger partial charge in [0.15, 0.2) is 0 Å². The highest BCUT2D eigenvalue weighted by atomic mass is 79.9. The minimum atomic E-state index is -0.0627. The molecule has 0 unspecified atom stereocenters. The topological polar surface area (TPSA) is 42.0 Å². The van der Waals surface area contributed by atoms with Crippen molar-refractivity contribution in [2.45, 2.75) is 19.8 Å². The normalized spacial score (nSPS) is 9.86. The highest BCUT2D eigenvalue weighted by Crippen LogP contribution is 2.09. The summed E-state index contributed by atoms with van der Waals surface area (Å²) in [5.41, 5.74) is 0.593. The molecular formula is C10H13BrN2O. The van der Waals surface area contributed by atoms with Crippen LogP contribution >= 0.6 is 15.9 Å². The number of hydrogen-bond donors (Lipinski definition) is 1. The van der Waals surface area contributed by atoms with Gasteiger partial charge in [0.25, 0.3) is 5.91 Å². The second kappa shape index (κ2) is 5.75. The van der Waals surface area contributed by atoms with Crippen molar-refractivity contribution < 1.29 is 4.79 Å². The molecule has 1 heterocycles. The smallest absolute Gasteiger partial charge is 0.252 e. The molecule has 0 fully saturated rings. The van der Waals surface area contributed by atoms with Crippen molar-refractivity contribution >= 4 is 21.8 Å². The van der Waals surface area contributed by atoms with Crippen molar-refractivity contribution in [2.24, 2.45) is 0 Å². The maximum atomic E-state index is 11.5. The fraction of sp³-hybridized carbons (Fsp3) is 0.400. The zero-order chi connectivity index (χ0) is 10.4. The number of aromatic nitrogens is 1. The molecule has 14 heavy (non-hydrogen) atoms. The molecular weight excluding hydrogens is 244 g/mol. The average molecular weight is 257 g/mol. The molecule has 3 nitrogen and oxygen atoms in total. The quantitative estimate of drug-likeness (QED) is 0.841. The number of halogens is 1. The molecule has 1 aromatic rings. The molecule has 1 rings (SSSR count). The summed E-state index contributed by atoms with van der Waals surface area (Å²) < 4.78 is 0.820. The summed E-state index contributed by atoms with van der Waals surface area (Å²) in [6.45, 7) is 2.81. The van der Waals surface area contributed by atoms with E-state index in [0.29, 0.717) is 5.56 Å². The Labute approximate surface area is 92.1 Å². The van der Waals surface area contributed by atoms with Crippen LogP contribution < -0.4 is 5.32 Å². The van der Waals surface area contributed by atoms with E-state index < -0.39 is 0 Å². The third-order valence-corrected chi connectivity index (χ3v) is 2.22. The summed E-state index contributed by atoms with van der Waals surface area (Å²) >= 11 is 3.27. The fourth-order valence-corrected chi connectivity index (χ4v) is 1.38. The molecule has 1 aromatic heterocycles. The lowest BCUT2D eigenvalue weighted by molar-refractivity contribution is 0.0952. The number of carbonyl (C=O) groups is 1. The van der Waals surface area contributed by atoms with Gasteiger partial charge in [-0.15, -0.1) is 0 Å². The summed E-state index contributed by atoms with van der Waals surface area (Å²) in [7, 11) is 0. The predicted molar refractivity (Wildman–Crippen MR) is 59.2 cm³/mol. The molecule has 0 saturated heterocycles. The van der Waals surface area contributed by atoms with Gasteiger partial charge in [-0.25, -0.2) is 0 Å². The molecule has 4 heteroatoms. The van der Waals surface area contributed by atoms with E-state index in [9.17, 15) is 4.79 Å². The molecule has 0 aromatic carbocycles. The van der Waals surface area contributed by atoms with Crippen LogP contribution in [0.5, 0.6) is 0 Å². The predicted octanol–water partition coefficient (Wildman–Crippen LogP) is 2.37. The van der Waals surface area contributed by atoms with E-state index in [1.54, 1.807) is 18.5 Å². The van der Waals surface area contributed by atoms with Crippen molar-refractivity contribution in [3.8, 4) is 0 Å². The first kappa shape index (κ1) is 11.2. The molecule has 0 saturated carbocycles.